The van der Waals surface area contributed by atoms with Crippen molar-refractivity contribution in [2.24, 2.45) is 0 Å². The first-order valence-corrected chi connectivity index (χ1v) is 9.97. The number of halogens is 1. The molecular formula is C23H30ClN3O4. The van der Waals surface area contributed by atoms with Crippen LogP contribution in [0.25, 0.3) is 12.2 Å². The average molecular weight is 448 g/mol. The lowest BCUT2D eigenvalue weighted by molar-refractivity contribution is -0.119. The first kappa shape index (κ1) is 26.2. The van der Waals surface area contributed by atoms with Crippen LogP contribution in [0.1, 0.15) is 33.3 Å². The topological polar surface area (TPSA) is 93.4 Å². The largest absolute Gasteiger partial charge is 1.00 e. The van der Waals surface area contributed by atoms with E-state index in [0.29, 0.717) is 18.8 Å². The van der Waals surface area contributed by atoms with E-state index in [9.17, 15) is 9.59 Å². The maximum absolute atomic E-state index is 13.4. The Morgan fingerprint density at radius 3 is 2.29 bits per heavy atom. The van der Waals surface area contributed by atoms with Crippen LogP contribution in [-0.2, 0) is 9.53 Å². The van der Waals surface area contributed by atoms with Crippen molar-refractivity contribution in [3.8, 4) is 0 Å². The summed E-state index contributed by atoms with van der Waals surface area (Å²) in [6.45, 7) is 8.05. The van der Waals surface area contributed by atoms with Gasteiger partial charge >= 0.3 is 7.52 Å². The molecule has 0 aliphatic carbocycles. The highest BCUT2D eigenvalue weighted by Crippen LogP contribution is 2.38. The summed E-state index contributed by atoms with van der Waals surface area (Å²) in [5.41, 5.74) is 4.02. The van der Waals surface area contributed by atoms with E-state index >= 15 is 0 Å². The number of likely N-dealkylation sites (N-methyl/N-ethyl adjacent to an activating group) is 1. The van der Waals surface area contributed by atoms with Gasteiger partial charge in [-0.05, 0) is 49.3 Å². The molecule has 2 aromatic carbocycles. The van der Waals surface area contributed by atoms with E-state index in [0.717, 1.165) is 35.6 Å². The van der Waals surface area contributed by atoms with Crippen LogP contribution in [0, 0.1) is 0 Å². The molecular weight excluding hydrogens is 418 g/mol. The van der Waals surface area contributed by atoms with Crippen LogP contribution in [-0.4, -0.2) is 48.6 Å². The van der Waals surface area contributed by atoms with Gasteiger partial charge in [0.1, 0.15) is 0 Å². The second-order valence-electron chi connectivity index (χ2n) is 6.70. The van der Waals surface area contributed by atoms with E-state index < -0.39 is 6.09 Å². The number of carbonyl (C=O) groups excluding carboxylic acids is 2. The van der Waals surface area contributed by atoms with Gasteiger partial charge in [-0.3, -0.25) is 19.9 Å². The summed E-state index contributed by atoms with van der Waals surface area (Å²) < 4.78 is 4.98. The second-order valence-corrected chi connectivity index (χ2v) is 6.70. The number of para-hydroxylation sites is 1. The smallest absolute Gasteiger partial charge is 1.00 e. The van der Waals surface area contributed by atoms with Crippen LogP contribution >= 0.6 is 0 Å². The lowest BCUT2D eigenvalue weighted by Crippen LogP contribution is -3.00. The Bertz CT molecular complexity index is 935. The third-order valence-corrected chi connectivity index (χ3v) is 4.92. The van der Waals surface area contributed by atoms with Gasteiger partial charge in [0, 0.05) is 5.69 Å². The quantitative estimate of drug-likeness (QED) is 0.715. The molecule has 2 aromatic rings. The maximum atomic E-state index is 13.4. The lowest BCUT2D eigenvalue weighted by Gasteiger charge is -2.28. The molecule has 0 unspecified atom stereocenters. The fraction of sp³-hybridized carbons (Fsp3) is 0.304. The number of hydrogen-bond acceptors (Lipinski definition) is 4. The van der Waals surface area contributed by atoms with Crippen molar-refractivity contribution in [1.29, 1.82) is 0 Å². The minimum absolute atomic E-state index is 0. The summed E-state index contributed by atoms with van der Waals surface area (Å²) in [5, 5.41) is 2.73. The van der Waals surface area contributed by atoms with Gasteiger partial charge < -0.3 is 22.6 Å². The number of hydrogen-bond donors (Lipinski definition) is 1. The van der Waals surface area contributed by atoms with Crippen LogP contribution in [0.4, 0.5) is 21.9 Å². The number of carbonyl (C=O) groups is 2. The van der Waals surface area contributed by atoms with Gasteiger partial charge in [0.15, 0.2) is 0 Å². The Morgan fingerprint density at radius 1 is 1.00 bits per heavy atom. The van der Waals surface area contributed by atoms with Crippen LogP contribution in [0.3, 0.4) is 0 Å². The Labute approximate surface area is 190 Å². The SMILES string of the molecule is CCOC(=O)Nc1ccc2c(c1)N(C(=O)CN(CC)CC)c1ccccc1C=C2.O.[Cl-].[H+]. The molecule has 8 heteroatoms. The van der Waals surface area contributed by atoms with Gasteiger partial charge in [-0.25, -0.2) is 4.79 Å². The van der Waals surface area contributed by atoms with Crippen molar-refractivity contribution >= 4 is 41.2 Å². The number of fused-ring (bicyclic) bond motifs is 2. The van der Waals surface area contributed by atoms with Gasteiger partial charge in [-0.15, -0.1) is 0 Å². The van der Waals surface area contributed by atoms with E-state index in [1.807, 2.05) is 68.5 Å². The van der Waals surface area contributed by atoms with E-state index in [1.54, 1.807) is 11.8 Å². The number of ether oxygens (including phenoxy) is 1. The Balaban J connectivity index is 0.00000320. The summed E-state index contributed by atoms with van der Waals surface area (Å²) in [5.74, 6) is -0.0145. The molecule has 0 radical (unpaired) electrons. The van der Waals surface area contributed by atoms with Gasteiger partial charge in [-0.2, -0.15) is 0 Å². The molecule has 0 saturated heterocycles. The molecule has 1 aliphatic heterocycles. The maximum Gasteiger partial charge on any atom is 1.00 e. The van der Waals surface area contributed by atoms with Crippen molar-refractivity contribution in [2.45, 2.75) is 20.8 Å². The van der Waals surface area contributed by atoms with Gasteiger partial charge in [0.05, 0.1) is 24.5 Å². The Kier molecular flexibility index (Phi) is 10.2. The molecule has 0 aromatic heterocycles. The minimum atomic E-state index is -0.516. The molecule has 0 fully saturated rings. The lowest BCUT2D eigenvalue weighted by atomic mass is 10.1. The zero-order valence-corrected chi connectivity index (χ0v) is 18.8. The highest BCUT2D eigenvalue weighted by atomic mass is 35.5. The monoisotopic (exact) mass is 447 g/mol. The normalized spacial score (nSPS) is 11.4. The third-order valence-electron chi connectivity index (χ3n) is 4.92. The highest BCUT2D eigenvalue weighted by Gasteiger charge is 2.25. The molecule has 2 amide bonds. The first-order valence-electron chi connectivity index (χ1n) is 9.97. The highest BCUT2D eigenvalue weighted by molar-refractivity contribution is 6.07. The minimum Gasteiger partial charge on any atom is -1.00 e. The summed E-state index contributed by atoms with van der Waals surface area (Å²) in [6, 6.07) is 13.3. The number of nitrogens with zero attached hydrogens (tertiary/aromatic N) is 2. The summed E-state index contributed by atoms with van der Waals surface area (Å²) in [6.07, 6.45) is 3.49. The Morgan fingerprint density at radius 2 is 1.65 bits per heavy atom. The molecule has 31 heavy (non-hydrogen) atoms. The van der Waals surface area contributed by atoms with Crippen molar-refractivity contribution in [3.63, 3.8) is 0 Å². The van der Waals surface area contributed by atoms with Crippen LogP contribution in [0.5, 0.6) is 0 Å². The zero-order chi connectivity index (χ0) is 20.8. The molecule has 1 heterocycles. The van der Waals surface area contributed by atoms with Crippen molar-refractivity contribution in [2.75, 3.05) is 36.5 Å². The standard InChI is InChI=1S/C23H27N3O3.ClH.H2O/c1-4-25(5-2)16-22(27)26-20-10-8-7-9-17(20)11-12-18-13-14-19(15-21(18)26)24-23(28)29-6-3;;/h7-15H,4-6,16H2,1-3H3,(H,24,28);1H;1H2. The number of rotatable bonds is 6. The fourth-order valence-corrected chi connectivity index (χ4v) is 3.36. The van der Waals surface area contributed by atoms with E-state index in [4.69, 9.17) is 4.74 Å². The fourth-order valence-electron chi connectivity index (χ4n) is 3.36. The van der Waals surface area contributed by atoms with Crippen molar-refractivity contribution in [3.05, 3.63) is 53.6 Å². The number of nitrogens with one attached hydrogen (secondary N) is 1. The summed E-state index contributed by atoms with van der Waals surface area (Å²) >= 11 is 0. The molecule has 0 atom stereocenters. The van der Waals surface area contributed by atoms with E-state index in [-0.39, 0.29) is 25.2 Å². The molecule has 0 saturated carbocycles. The number of benzene rings is 2. The van der Waals surface area contributed by atoms with Gasteiger partial charge in [0.2, 0.25) is 5.91 Å². The predicted molar refractivity (Wildman–Crippen MR) is 122 cm³/mol. The van der Waals surface area contributed by atoms with Gasteiger partial charge in [0.25, 0.3) is 0 Å². The van der Waals surface area contributed by atoms with Crippen LogP contribution in [0.2, 0.25) is 0 Å². The van der Waals surface area contributed by atoms with Gasteiger partial charge in [-0.1, -0.05) is 50.3 Å². The Hall–Kier alpha value is -2.87. The molecule has 0 bridgehead atoms. The van der Waals surface area contributed by atoms with Crippen molar-refractivity contribution < 1.29 is 33.6 Å². The average Bonchev–Trinajstić information content (AvgIpc) is 2.88. The van der Waals surface area contributed by atoms with Crippen LogP contribution < -0.4 is 22.6 Å². The van der Waals surface area contributed by atoms with Crippen molar-refractivity contribution in [1.82, 2.24) is 4.90 Å². The summed E-state index contributed by atoms with van der Waals surface area (Å²) in [4.78, 5) is 29.1. The van der Waals surface area contributed by atoms with E-state index in [1.165, 1.54) is 0 Å². The summed E-state index contributed by atoms with van der Waals surface area (Å²) in [7, 11) is 0. The molecule has 7 nitrogen and oxygen atoms in total. The molecule has 168 valence electrons. The predicted octanol–water partition coefficient (Wildman–Crippen LogP) is 1.04. The van der Waals surface area contributed by atoms with Crippen LogP contribution in [0.15, 0.2) is 42.5 Å². The molecule has 0 spiro atoms. The third kappa shape index (κ3) is 6.07. The van der Waals surface area contributed by atoms with E-state index in [2.05, 4.69) is 10.2 Å². The molecule has 3 rings (SSSR count). The molecule has 3 N–H and O–H groups in total. The number of anilines is 3. The molecule has 1 aliphatic rings. The first-order chi connectivity index (χ1) is 14.1. The zero-order valence-electron chi connectivity index (χ0n) is 19.0. The number of amides is 2. The second kappa shape index (κ2) is 12.1.